The van der Waals surface area contributed by atoms with Crippen LogP contribution in [0.25, 0.3) is 0 Å². The number of benzene rings is 2. The molecule has 2 aromatic carbocycles. The number of fused-ring (bicyclic) bond motifs is 1. The van der Waals surface area contributed by atoms with E-state index in [0.29, 0.717) is 43.2 Å². The van der Waals surface area contributed by atoms with Crippen molar-refractivity contribution in [2.45, 2.75) is 19.1 Å². The number of β-amino-alcohol motifs (C(OH)–C–C–N with tert-alkyl or cyclic N) is 1. The molecule has 6 nitrogen and oxygen atoms in total. The average molecular weight is 356 g/mol. The highest BCUT2D eigenvalue weighted by atomic mass is 16.5. The van der Waals surface area contributed by atoms with Crippen LogP contribution in [0.4, 0.5) is 0 Å². The van der Waals surface area contributed by atoms with Gasteiger partial charge in [0.25, 0.3) is 5.91 Å². The minimum Gasteiger partial charge on any atom is -0.493 e. The maximum absolute atomic E-state index is 13.1. The van der Waals surface area contributed by atoms with Crippen molar-refractivity contribution in [1.82, 2.24) is 4.90 Å². The zero-order valence-electron chi connectivity index (χ0n) is 14.9. The van der Waals surface area contributed by atoms with Crippen molar-refractivity contribution in [2.24, 2.45) is 5.73 Å². The van der Waals surface area contributed by atoms with Crippen molar-refractivity contribution >= 4 is 5.91 Å². The maximum atomic E-state index is 13.1. The number of carbonyl (C=O) groups excluding carboxylic acids is 1. The van der Waals surface area contributed by atoms with Crippen molar-refractivity contribution < 1.29 is 19.4 Å². The van der Waals surface area contributed by atoms with Crippen LogP contribution in [0.3, 0.4) is 0 Å². The standard InChI is InChI=1S/C20H24N2O4/c1-25-18-9-4-8-16(19(18)26-11-5-10-21)20(24)22-12-14-6-2-3-7-15(14)17(23)13-22/h2-4,6-9,17,23H,5,10-13,21H2,1H3/t17-/m0/s1. The van der Waals surface area contributed by atoms with Crippen LogP contribution in [0.1, 0.15) is 34.0 Å². The maximum Gasteiger partial charge on any atom is 0.258 e. The normalized spacial score (nSPS) is 16.1. The molecule has 1 heterocycles. The second kappa shape index (κ2) is 8.21. The third kappa shape index (κ3) is 3.66. The quantitative estimate of drug-likeness (QED) is 0.775. The molecule has 1 aliphatic rings. The number of amides is 1. The Morgan fingerprint density at radius 3 is 2.85 bits per heavy atom. The molecule has 3 N–H and O–H groups in total. The van der Waals surface area contributed by atoms with Crippen LogP contribution in [-0.4, -0.2) is 42.7 Å². The molecule has 1 amide bonds. The Kier molecular flexibility index (Phi) is 5.75. The summed E-state index contributed by atoms with van der Waals surface area (Å²) in [6.45, 7) is 1.61. The Labute approximate surface area is 153 Å². The zero-order valence-corrected chi connectivity index (χ0v) is 14.9. The summed E-state index contributed by atoms with van der Waals surface area (Å²) in [4.78, 5) is 14.8. The highest BCUT2D eigenvalue weighted by molar-refractivity contribution is 5.98. The van der Waals surface area contributed by atoms with Gasteiger partial charge in [0.1, 0.15) is 0 Å². The van der Waals surface area contributed by atoms with E-state index in [9.17, 15) is 9.90 Å². The van der Waals surface area contributed by atoms with Crippen LogP contribution in [-0.2, 0) is 6.54 Å². The van der Waals surface area contributed by atoms with Crippen molar-refractivity contribution in [3.05, 3.63) is 59.2 Å². The minimum absolute atomic E-state index is 0.194. The number of rotatable bonds is 6. The van der Waals surface area contributed by atoms with Crippen molar-refractivity contribution in [1.29, 1.82) is 0 Å². The van der Waals surface area contributed by atoms with E-state index in [1.54, 1.807) is 30.2 Å². The van der Waals surface area contributed by atoms with Gasteiger partial charge in [-0.2, -0.15) is 0 Å². The number of aliphatic hydroxyl groups is 1. The van der Waals surface area contributed by atoms with Crippen molar-refractivity contribution in [3.8, 4) is 11.5 Å². The summed E-state index contributed by atoms with van der Waals surface area (Å²) in [7, 11) is 1.54. The van der Waals surface area contributed by atoms with Gasteiger partial charge >= 0.3 is 0 Å². The first-order chi connectivity index (χ1) is 12.7. The number of ether oxygens (including phenoxy) is 2. The summed E-state index contributed by atoms with van der Waals surface area (Å²) < 4.78 is 11.1. The van der Waals surface area contributed by atoms with E-state index in [1.807, 2.05) is 24.3 Å². The molecule has 0 saturated carbocycles. The first-order valence-corrected chi connectivity index (χ1v) is 8.70. The van der Waals surface area contributed by atoms with E-state index in [0.717, 1.165) is 11.1 Å². The van der Waals surface area contributed by atoms with Crippen molar-refractivity contribution in [2.75, 3.05) is 26.8 Å². The van der Waals surface area contributed by atoms with Gasteiger partial charge in [0, 0.05) is 6.54 Å². The number of nitrogens with two attached hydrogens (primary N) is 1. The van der Waals surface area contributed by atoms with E-state index >= 15 is 0 Å². The lowest BCUT2D eigenvalue weighted by atomic mass is 9.97. The molecular weight excluding hydrogens is 332 g/mol. The third-order valence-electron chi connectivity index (χ3n) is 4.48. The summed E-state index contributed by atoms with van der Waals surface area (Å²) in [6.07, 6.45) is -0.0160. The van der Waals surface area contributed by atoms with Crippen LogP contribution >= 0.6 is 0 Å². The summed E-state index contributed by atoms with van der Waals surface area (Å²) in [5.74, 6) is 0.729. The number of carbonyl (C=O) groups is 1. The average Bonchev–Trinajstić information content (AvgIpc) is 2.67. The molecule has 0 spiro atoms. The fourth-order valence-electron chi connectivity index (χ4n) is 3.16. The lowest BCUT2D eigenvalue weighted by molar-refractivity contribution is 0.0545. The summed E-state index contributed by atoms with van der Waals surface area (Å²) in [6, 6.07) is 12.9. The molecule has 0 aromatic heterocycles. The molecule has 26 heavy (non-hydrogen) atoms. The number of aliphatic hydroxyl groups excluding tert-OH is 1. The van der Waals surface area contributed by atoms with Gasteiger partial charge in [-0.05, 0) is 36.2 Å². The molecule has 0 unspecified atom stereocenters. The predicted octanol–water partition coefficient (Wildman–Crippen LogP) is 2.11. The zero-order chi connectivity index (χ0) is 18.5. The molecule has 6 heteroatoms. The third-order valence-corrected chi connectivity index (χ3v) is 4.48. The van der Waals surface area contributed by atoms with E-state index in [-0.39, 0.29) is 12.5 Å². The smallest absolute Gasteiger partial charge is 0.258 e. The van der Waals surface area contributed by atoms with Crippen LogP contribution in [0, 0.1) is 0 Å². The predicted molar refractivity (Wildman–Crippen MR) is 98.3 cm³/mol. The van der Waals surface area contributed by atoms with E-state index in [2.05, 4.69) is 0 Å². The Morgan fingerprint density at radius 1 is 1.27 bits per heavy atom. The summed E-state index contributed by atoms with van der Waals surface area (Å²) >= 11 is 0. The lowest BCUT2D eigenvalue weighted by Gasteiger charge is -2.32. The number of hydrogen-bond donors (Lipinski definition) is 2. The first kappa shape index (κ1) is 18.2. The highest BCUT2D eigenvalue weighted by Crippen LogP contribution is 2.34. The molecule has 0 bridgehead atoms. The van der Waals surface area contributed by atoms with Crippen LogP contribution in [0.5, 0.6) is 11.5 Å². The topological polar surface area (TPSA) is 85.0 Å². The van der Waals surface area contributed by atoms with Crippen LogP contribution < -0.4 is 15.2 Å². The molecule has 0 aliphatic carbocycles. The molecule has 3 rings (SSSR count). The number of nitrogens with zero attached hydrogens (tertiary/aromatic N) is 1. The molecule has 2 aromatic rings. The summed E-state index contributed by atoms with van der Waals surface area (Å²) in [5.41, 5.74) is 7.78. The fraction of sp³-hybridized carbons (Fsp3) is 0.350. The van der Waals surface area contributed by atoms with E-state index in [1.165, 1.54) is 0 Å². The number of methoxy groups -OCH3 is 1. The Morgan fingerprint density at radius 2 is 2.08 bits per heavy atom. The van der Waals surface area contributed by atoms with Gasteiger partial charge in [-0.1, -0.05) is 30.3 Å². The molecule has 1 atom stereocenters. The van der Waals surface area contributed by atoms with Gasteiger partial charge in [-0.3, -0.25) is 4.79 Å². The largest absolute Gasteiger partial charge is 0.493 e. The van der Waals surface area contributed by atoms with Gasteiger partial charge in [0.2, 0.25) is 0 Å². The van der Waals surface area contributed by atoms with Crippen molar-refractivity contribution in [3.63, 3.8) is 0 Å². The van der Waals surface area contributed by atoms with Gasteiger partial charge in [0.15, 0.2) is 11.5 Å². The Balaban J connectivity index is 1.88. The molecule has 0 fully saturated rings. The summed E-state index contributed by atoms with van der Waals surface area (Å²) in [5, 5.41) is 10.4. The van der Waals surface area contributed by atoms with Gasteiger partial charge in [-0.25, -0.2) is 0 Å². The fourth-order valence-corrected chi connectivity index (χ4v) is 3.16. The van der Waals surface area contributed by atoms with E-state index in [4.69, 9.17) is 15.2 Å². The lowest BCUT2D eigenvalue weighted by Crippen LogP contribution is -2.38. The van der Waals surface area contributed by atoms with Gasteiger partial charge in [-0.15, -0.1) is 0 Å². The highest BCUT2D eigenvalue weighted by Gasteiger charge is 2.29. The van der Waals surface area contributed by atoms with Gasteiger partial charge < -0.3 is 25.2 Å². The molecule has 0 radical (unpaired) electrons. The van der Waals surface area contributed by atoms with Gasteiger partial charge in [0.05, 0.1) is 31.9 Å². The monoisotopic (exact) mass is 356 g/mol. The SMILES string of the molecule is COc1cccc(C(=O)N2Cc3ccccc3[C@@H](O)C2)c1OCCCN. The number of para-hydroxylation sites is 1. The minimum atomic E-state index is -0.698. The second-order valence-electron chi connectivity index (χ2n) is 6.23. The molecule has 0 saturated heterocycles. The van der Waals surface area contributed by atoms with Crippen LogP contribution in [0.15, 0.2) is 42.5 Å². The first-order valence-electron chi connectivity index (χ1n) is 8.70. The Bertz CT molecular complexity index is 778. The molecular formula is C20H24N2O4. The van der Waals surface area contributed by atoms with Crippen LogP contribution in [0.2, 0.25) is 0 Å². The van der Waals surface area contributed by atoms with E-state index < -0.39 is 6.10 Å². The number of hydrogen-bond acceptors (Lipinski definition) is 5. The molecule has 138 valence electrons. The molecule has 1 aliphatic heterocycles. The Hall–Kier alpha value is -2.57. The second-order valence-corrected chi connectivity index (χ2v) is 6.23.